The Bertz CT molecular complexity index is 1330. The lowest BCUT2D eigenvalue weighted by atomic mass is 10.2. The number of fused-ring (bicyclic) bond motifs is 1. The van der Waals surface area contributed by atoms with E-state index in [2.05, 4.69) is 9.98 Å². The van der Waals surface area contributed by atoms with Gasteiger partial charge in [0.15, 0.2) is 5.58 Å². The molecule has 0 amide bonds. The van der Waals surface area contributed by atoms with E-state index in [0.29, 0.717) is 33.5 Å². The molecule has 0 fully saturated rings. The molecule has 5 aromatic rings. The highest BCUT2D eigenvalue weighted by Crippen LogP contribution is 2.34. The number of aromatic hydroxyl groups is 1. The normalized spacial score (nSPS) is 11.5. The van der Waals surface area contributed by atoms with Gasteiger partial charge in [0, 0.05) is 16.7 Å². The van der Waals surface area contributed by atoms with Gasteiger partial charge in [0.2, 0.25) is 5.89 Å². The predicted molar refractivity (Wildman–Crippen MR) is 118 cm³/mol. The summed E-state index contributed by atoms with van der Waals surface area (Å²) in [7, 11) is 0. The number of hydrogen-bond acceptors (Lipinski definition) is 5. The average Bonchev–Trinajstić information content (AvgIpc) is 3.40. The Morgan fingerprint density at radius 3 is 2.53 bits per heavy atom. The highest BCUT2D eigenvalue weighted by molar-refractivity contribution is 6.30. The Hall–Kier alpha value is -3.83. The lowest BCUT2D eigenvalue weighted by Crippen LogP contribution is -1.80. The van der Waals surface area contributed by atoms with Gasteiger partial charge in [-0.25, -0.2) is 4.98 Å². The van der Waals surface area contributed by atoms with Crippen LogP contribution in [-0.2, 0) is 0 Å². The zero-order valence-electron chi connectivity index (χ0n) is 15.6. The van der Waals surface area contributed by atoms with Crippen molar-refractivity contribution >= 4 is 34.6 Å². The first-order chi connectivity index (χ1) is 14.7. The number of halogens is 1. The number of oxazole rings is 1. The Balaban J connectivity index is 1.37. The first kappa shape index (κ1) is 18.2. The van der Waals surface area contributed by atoms with Crippen LogP contribution in [0.25, 0.3) is 33.9 Å². The van der Waals surface area contributed by atoms with Gasteiger partial charge < -0.3 is 13.9 Å². The van der Waals surface area contributed by atoms with E-state index >= 15 is 0 Å². The maximum atomic E-state index is 10.4. The van der Waals surface area contributed by atoms with Gasteiger partial charge in [0.25, 0.3) is 0 Å². The molecule has 5 rings (SSSR count). The summed E-state index contributed by atoms with van der Waals surface area (Å²) in [5.41, 5.74) is 3.43. The van der Waals surface area contributed by atoms with E-state index in [0.717, 1.165) is 16.8 Å². The Kier molecular flexibility index (Phi) is 4.58. The third-order valence-electron chi connectivity index (χ3n) is 4.60. The number of para-hydroxylation sites is 2. The maximum Gasteiger partial charge on any atom is 0.231 e. The monoisotopic (exact) mass is 414 g/mol. The van der Waals surface area contributed by atoms with Crippen molar-refractivity contribution in [2.24, 2.45) is 4.99 Å². The summed E-state index contributed by atoms with van der Waals surface area (Å²) in [5, 5.41) is 11.1. The quantitative estimate of drug-likeness (QED) is 0.326. The fourth-order valence-corrected chi connectivity index (χ4v) is 3.22. The van der Waals surface area contributed by atoms with Gasteiger partial charge in [-0.2, -0.15) is 0 Å². The molecule has 30 heavy (non-hydrogen) atoms. The summed E-state index contributed by atoms with van der Waals surface area (Å²) >= 11 is 5.92. The van der Waals surface area contributed by atoms with Crippen LogP contribution in [0.15, 0.2) is 92.7 Å². The summed E-state index contributed by atoms with van der Waals surface area (Å²) in [6.07, 6.45) is 1.60. The second kappa shape index (κ2) is 7.54. The number of aromatic nitrogens is 1. The van der Waals surface area contributed by atoms with Crippen molar-refractivity contribution in [1.29, 1.82) is 0 Å². The predicted octanol–water partition coefficient (Wildman–Crippen LogP) is 6.86. The SMILES string of the molecule is Oc1cc(N=Cc2ccc(-c3ccc(Cl)cc3)o2)ccc1-c1nc2ccccc2o1. The highest BCUT2D eigenvalue weighted by atomic mass is 35.5. The molecule has 0 aliphatic heterocycles. The van der Waals surface area contributed by atoms with E-state index in [4.69, 9.17) is 20.4 Å². The Morgan fingerprint density at radius 2 is 1.73 bits per heavy atom. The molecule has 2 aromatic heterocycles. The van der Waals surface area contributed by atoms with Crippen LogP contribution in [0.4, 0.5) is 5.69 Å². The van der Waals surface area contributed by atoms with Crippen LogP contribution in [0.3, 0.4) is 0 Å². The van der Waals surface area contributed by atoms with Gasteiger partial charge in [-0.1, -0.05) is 23.7 Å². The van der Waals surface area contributed by atoms with Crippen molar-refractivity contribution in [3.63, 3.8) is 0 Å². The molecule has 0 bridgehead atoms. The minimum atomic E-state index is 0.0394. The first-order valence-electron chi connectivity index (χ1n) is 9.24. The van der Waals surface area contributed by atoms with Crippen molar-refractivity contribution in [3.8, 4) is 28.5 Å². The van der Waals surface area contributed by atoms with Gasteiger partial charge in [0.05, 0.1) is 17.5 Å². The molecule has 0 saturated carbocycles. The Morgan fingerprint density at radius 1 is 0.900 bits per heavy atom. The Labute approximate surface area is 176 Å². The number of rotatable bonds is 4. The van der Waals surface area contributed by atoms with Crippen LogP contribution >= 0.6 is 11.6 Å². The molecule has 0 atom stereocenters. The second-order valence-corrected chi connectivity index (χ2v) is 7.09. The molecule has 0 spiro atoms. The smallest absolute Gasteiger partial charge is 0.231 e. The summed E-state index contributed by atoms with van der Waals surface area (Å²) in [6, 6.07) is 23.7. The fourth-order valence-electron chi connectivity index (χ4n) is 3.10. The molecule has 0 saturated heterocycles. The van der Waals surface area contributed by atoms with Crippen molar-refractivity contribution in [2.45, 2.75) is 0 Å². The number of phenolic OH excluding ortho intramolecular Hbond substituents is 1. The number of nitrogens with zero attached hydrogens (tertiary/aromatic N) is 2. The van der Waals surface area contributed by atoms with Gasteiger partial charge in [-0.3, -0.25) is 4.99 Å². The molecule has 0 aliphatic carbocycles. The molecule has 2 heterocycles. The topological polar surface area (TPSA) is 71.8 Å². The molecular formula is C24H15ClN2O3. The summed E-state index contributed by atoms with van der Waals surface area (Å²) in [5.74, 6) is 1.73. The molecule has 146 valence electrons. The van der Waals surface area contributed by atoms with Crippen LogP contribution in [0.1, 0.15) is 5.76 Å². The van der Waals surface area contributed by atoms with Crippen LogP contribution in [0, 0.1) is 0 Å². The van der Waals surface area contributed by atoms with Gasteiger partial charge >= 0.3 is 0 Å². The largest absolute Gasteiger partial charge is 0.507 e. The maximum absolute atomic E-state index is 10.4. The minimum absolute atomic E-state index is 0.0394. The molecule has 0 radical (unpaired) electrons. The van der Waals surface area contributed by atoms with Crippen molar-refractivity contribution in [3.05, 3.63) is 89.6 Å². The van der Waals surface area contributed by atoms with E-state index in [1.165, 1.54) is 0 Å². The van der Waals surface area contributed by atoms with Crippen LogP contribution in [-0.4, -0.2) is 16.3 Å². The van der Waals surface area contributed by atoms with Crippen LogP contribution in [0.5, 0.6) is 5.75 Å². The molecule has 3 aromatic carbocycles. The number of furan rings is 1. The molecular weight excluding hydrogens is 400 g/mol. The van der Waals surface area contributed by atoms with E-state index in [-0.39, 0.29) is 5.75 Å². The van der Waals surface area contributed by atoms with Crippen molar-refractivity contribution in [1.82, 2.24) is 4.98 Å². The lowest BCUT2D eigenvalue weighted by molar-refractivity contribution is 0.474. The number of aliphatic imine (C=N–C) groups is 1. The third-order valence-corrected chi connectivity index (χ3v) is 4.85. The number of hydrogen-bond donors (Lipinski definition) is 1. The zero-order valence-corrected chi connectivity index (χ0v) is 16.4. The summed E-state index contributed by atoms with van der Waals surface area (Å²) < 4.78 is 11.5. The molecule has 0 unspecified atom stereocenters. The third kappa shape index (κ3) is 3.58. The lowest BCUT2D eigenvalue weighted by Gasteiger charge is -2.01. The average molecular weight is 415 g/mol. The van der Waals surface area contributed by atoms with Crippen LogP contribution in [0.2, 0.25) is 5.02 Å². The molecule has 0 aliphatic rings. The van der Waals surface area contributed by atoms with Crippen LogP contribution < -0.4 is 0 Å². The minimum Gasteiger partial charge on any atom is -0.507 e. The highest BCUT2D eigenvalue weighted by Gasteiger charge is 2.12. The molecule has 5 nitrogen and oxygen atoms in total. The molecule has 6 heteroatoms. The van der Waals surface area contributed by atoms with E-state index < -0.39 is 0 Å². The van der Waals surface area contributed by atoms with Gasteiger partial charge in [-0.15, -0.1) is 0 Å². The van der Waals surface area contributed by atoms with Crippen molar-refractivity contribution in [2.75, 3.05) is 0 Å². The van der Waals surface area contributed by atoms with E-state index in [1.807, 2.05) is 60.7 Å². The van der Waals surface area contributed by atoms with E-state index in [1.54, 1.807) is 24.4 Å². The van der Waals surface area contributed by atoms with Gasteiger partial charge in [0.1, 0.15) is 22.8 Å². The molecule has 1 N–H and O–H groups in total. The number of benzene rings is 3. The van der Waals surface area contributed by atoms with Crippen molar-refractivity contribution < 1.29 is 13.9 Å². The standard InChI is InChI=1S/C24H15ClN2O3/c25-16-7-5-15(6-8-16)22-12-10-18(29-22)14-26-17-9-11-19(21(28)13-17)24-27-20-3-1-2-4-23(20)30-24/h1-14,28H. The van der Waals surface area contributed by atoms with Gasteiger partial charge in [-0.05, 0) is 60.7 Å². The van der Waals surface area contributed by atoms with E-state index in [9.17, 15) is 5.11 Å². The number of phenols is 1. The zero-order chi connectivity index (χ0) is 20.5. The second-order valence-electron chi connectivity index (χ2n) is 6.66. The summed E-state index contributed by atoms with van der Waals surface area (Å²) in [4.78, 5) is 8.80. The summed E-state index contributed by atoms with van der Waals surface area (Å²) in [6.45, 7) is 0. The first-order valence-corrected chi connectivity index (χ1v) is 9.62. The fraction of sp³-hybridized carbons (Fsp3) is 0.